The van der Waals surface area contributed by atoms with Gasteiger partial charge in [-0.15, -0.1) is 0 Å². The van der Waals surface area contributed by atoms with Crippen molar-refractivity contribution in [2.24, 2.45) is 5.92 Å². The van der Waals surface area contributed by atoms with Gasteiger partial charge in [-0.1, -0.05) is 34.1 Å². The molecule has 0 aromatic carbocycles. The molecule has 2 nitrogen and oxygen atoms in total. The molecule has 1 N–H and O–H groups in total. The fourth-order valence-corrected chi connectivity index (χ4v) is 3.85. The van der Waals surface area contributed by atoms with Gasteiger partial charge in [0.15, 0.2) is 0 Å². The first-order chi connectivity index (χ1) is 8.56. The van der Waals surface area contributed by atoms with Gasteiger partial charge in [0.25, 0.3) is 0 Å². The van der Waals surface area contributed by atoms with Gasteiger partial charge in [0.05, 0.1) is 0 Å². The third-order valence-corrected chi connectivity index (χ3v) is 5.29. The molecule has 0 saturated carbocycles. The average Bonchev–Trinajstić information content (AvgIpc) is 2.31. The Hall–Kier alpha value is 0.270. The molecule has 3 atom stereocenters. The molecule has 18 heavy (non-hydrogen) atoms. The Kier molecular flexibility index (Phi) is 7.66. The third-order valence-electron chi connectivity index (χ3n) is 3.96. The lowest BCUT2D eigenvalue weighted by Crippen LogP contribution is -2.53. The van der Waals surface area contributed by atoms with E-state index in [0.717, 1.165) is 36.3 Å². The van der Waals surface area contributed by atoms with E-state index in [4.69, 9.17) is 0 Å². The zero-order valence-corrected chi connectivity index (χ0v) is 13.7. The molecule has 108 valence electrons. The summed E-state index contributed by atoms with van der Waals surface area (Å²) in [6, 6.07) is 1.45. The van der Waals surface area contributed by atoms with Crippen molar-refractivity contribution in [3.8, 4) is 0 Å². The van der Waals surface area contributed by atoms with Crippen LogP contribution in [0.4, 0.5) is 0 Å². The monoisotopic (exact) mass is 272 g/mol. The summed E-state index contributed by atoms with van der Waals surface area (Å²) in [7, 11) is 0. The predicted molar refractivity (Wildman–Crippen MR) is 84.5 cm³/mol. The van der Waals surface area contributed by atoms with Crippen molar-refractivity contribution in [2.45, 2.75) is 64.8 Å². The first-order valence-corrected chi connectivity index (χ1v) is 8.69. The van der Waals surface area contributed by atoms with Crippen molar-refractivity contribution in [2.75, 3.05) is 25.4 Å². The smallest absolute Gasteiger partial charge is 0.0224 e. The molecule has 0 amide bonds. The van der Waals surface area contributed by atoms with Crippen LogP contribution >= 0.6 is 11.8 Å². The second-order valence-electron chi connectivity index (χ2n) is 6.05. The van der Waals surface area contributed by atoms with Gasteiger partial charge in [-0.25, -0.2) is 0 Å². The van der Waals surface area contributed by atoms with Crippen molar-refractivity contribution in [1.82, 2.24) is 10.2 Å². The summed E-state index contributed by atoms with van der Waals surface area (Å²) in [6.45, 7) is 15.2. The Morgan fingerprint density at radius 3 is 2.61 bits per heavy atom. The third kappa shape index (κ3) is 5.10. The maximum absolute atomic E-state index is 3.65. The Labute approximate surface area is 118 Å². The van der Waals surface area contributed by atoms with Crippen LogP contribution in [0.25, 0.3) is 0 Å². The van der Waals surface area contributed by atoms with Crippen LogP contribution in [0.5, 0.6) is 0 Å². The maximum Gasteiger partial charge on any atom is 0.0224 e. The van der Waals surface area contributed by atoms with Crippen LogP contribution in [0.15, 0.2) is 0 Å². The quantitative estimate of drug-likeness (QED) is 0.766. The van der Waals surface area contributed by atoms with Crippen LogP contribution < -0.4 is 5.32 Å². The molecule has 0 spiro atoms. The first kappa shape index (κ1) is 16.3. The van der Waals surface area contributed by atoms with E-state index in [9.17, 15) is 0 Å². The number of hydrogen-bond donors (Lipinski definition) is 1. The number of nitrogens with one attached hydrogen (secondary N) is 1. The van der Waals surface area contributed by atoms with Gasteiger partial charge in [0.1, 0.15) is 0 Å². The van der Waals surface area contributed by atoms with Gasteiger partial charge >= 0.3 is 0 Å². The van der Waals surface area contributed by atoms with Gasteiger partial charge < -0.3 is 5.32 Å². The second-order valence-corrected chi connectivity index (χ2v) is 7.53. The van der Waals surface area contributed by atoms with Crippen molar-refractivity contribution in [3.05, 3.63) is 0 Å². The summed E-state index contributed by atoms with van der Waals surface area (Å²) >= 11 is 2.13. The van der Waals surface area contributed by atoms with Crippen molar-refractivity contribution in [1.29, 1.82) is 0 Å². The van der Waals surface area contributed by atoms with E-state index in [1.165, 1.54) is 25.1 Å². The second kappa shape index (κ2) is 8.44. The van der Waals surface area contributed by atoms with E-state index in [2.05, 4.69) is 56.6 Å². The van der Waals surface area contributed by atoms with Crippen LogP contribution in [-0.2, 0) is 0 Å². The van der Waals surface area contributed by atoms with E-state index in [1.807, 2.05) is 0 Å². The van der Waals surface area contributed by atoms with E-state index in [0.29, 0.717) is 0 Å². The first-order valence-electron chi connectivity index (χ1n) is 7.64. The number of nitrogens with zero attached hydrogens (tertiary/aromatic N) is 1. The lowest BCUT2D eigenvalue weighted by Gasteiger charge is -2.42. The fraction of sp³-hybridized carbons (Fsp3) is 1.00. The molecule has 0 bridgehead atoms. The molecule has 1 fully saturated rings. The Bertz CT molecular complexity index is 221. The summed E-state index contributed by atoms with van der Waals surface area (Å²) in [4.78, 5) is 2.75. The SMILES string of the molecule is CCCC(CNCC(C)C)N1CCSC(C)C1C. The van der Waals surface area contributed by atoms with Gasteiger partial charge in [-0.3, -0.25) is 4.90 Å². The molecule has 3 heteroatoms. The molecule has 1 rings (SSSR count). The Balaban J connectivity index is 2.48. The van der Waals surface area contributed by atoms with E-state index >= 15 is 0 Å². The van der Waals surface area contributed by atoms with E-state index in [1.54, 1.807) is 0 Å². The average molecular weight is 273 g/mol. The Morgan fingerprint density at radius 2 is 2.00 bits per heavy atom. The Morgan fingerprint density at radius 1 is 1.28 bits per heavy atom. The fourth-order valence-electron chi connectivity index (χ4n) is 2.73. The summed E-state index contributed by atoms with van der Waals surface area (Å²) in [5.41, 5.74) is 0. The van der Waals surface area contributed by atoms with Crippen LogP contribution in [0.3, 0.4) is 0 Å². The highest BCUT2D eigenvalue weighted by Crippen LogP contribution is 2.26. The van der Waals surface area contributed by atoms with Crippen LogP contribution in [0, 0.1) is 5.92 Å². The van der Waals surface area contributed by atoms with Gasteiger partial charge in [0, 0.05) is 36.2 Å². The molecule has 0 aromatic rings. The molecule has 1 aliphatic rings. The summed E-state index contributed by atoms with van der Waals surface area (Å²) in [5.74, 6) is 2.05. The van der Waals surface area contributed by atoms with Crippen LogP contribution in [0.2, 0.25) is 0 Å². The van der Waals surface area contributed by atoms with Gasteiger partial charge in [-0.05, 0) is 25.8 Å². The molecular weight excluding hydrogens is 240 g/mol. The molecule has 1 saturated heterocycles. The molecule has 0 aliphatic carbocycles. The highest BCUT2D eigenvalue weighted by atomic mass is 32.2. The topological polar surface area (TPSA) is 15.3 Å². The van der Waals surface area contributed by atoms with E-state index < -0.39 is 0 Å². The highest BCUT2D eigenvalue weighted by Gasteiger charge is 2.29. The minimum absolute atomic E-state index is 0.723. The number of rotatable bonds is 7. The normalized spacial score (nSPS) is 27.7. The van der Waals surface area contributed by atoms with Crippen LogP contribution in [0.1, 0.15) is 47.5 Å². The molecule has 3 unspecified atom stereocenters. The largest absolute Gasteiger partial charge is 0.315 e. The van der Waals surface area contributed by atoms with E-state index in [-0.39, 0.29) is 0 Å². The molecule has 1 aliphatic heterocycles. The molecule has 0 radical (unpaired) electrons. The summed E-state index contributed by atoms with van der Waals surface area (Å²) in [6.07, 6.45) is 2.62. The number of hydrogen-bond acceptors (Lipinski definition) is 3. The maximum atomic E-state index is 3.65. The highest BCUT2D eigenvalue weighted by molar-refractivity contribution is 8.00. The van der Waals surface area contributed by atoms with Gasteiger partial charge in [-0.2, -0.15) is 11.8 Å². The minimum Gasteiger partial charge on any atom is -0.315 e. The minimum atomic E-state index is 0.723. The number of thioether (sulfide) groups is 1. The zero-order valence-electron chi connectivity index (χ0n) is 12.9. The van der Waals surface area contributed by atoms with Crippen molar-refractivity contribution in [3.63, 3.8) is 0 Å². The lowest BCUT2D eigenvalue weighted by molar-refractivity contribution is 0.135. The standard InChI is InChI=1S/C15H32N2S/c1-6-7-15(11-16-10-12(2)3)17-8-9-18-14(5)13(17)4/h12-16H,6-11H2,1-5H3. The lowest BCUT2D eigenvalue weighted by atomic mass is 10.1. The van der Waals surface area contributed by atoms with Crippen molar-refractivity contribution < 1.29 is 0 Å². The molecule has 1 heterocycles. The van der Waals surface area contributed by atoms with Gasteiger partial charge in [0.2, 0.25) is 0 Å². The summed E-state index contributed by atoms with van der Waals surface area (Å²) < 4.78 is 0. The molecular formula is C15H32N2S. The molecule has 0 aromatic heterocycles. The van der Waals surface area contributed by atoms with Crippen LogP contribution in [-0.4, -0.2) is 47.6 Å². The summed E-state index contributed by atoms with van der Waals surface area (Å²) in [5, 5.41) is 4.43. The predicted octanol–water partition coefficient (Wildman–Crippen LogP) is 3.23. The van der Waals surface area contributed by atoms with Crippen molar-refractivity contribution >= 4 is 11.8 Å². The zero-order chi connectivity index (χ0) is 13.5.